The molecule has 0 aliphatic heterocycles. The van der Waals surface area contributed by atoms with Gasteiger partial charge in [0.1, 0.15) is 18.8 Å². The van der Waals surface area contributed by atoms with Gasteiger partial charge in [-0.2, -0.15) is 5.26 Å². The maximum absolute atomic E-state index is 11.9. The molecule has 1 aromatic rings. The lowest BCUT2D eigenvalue weighted by molar-refractivity contribution is -0.116. The summed E-state index contributed by atoms with van der Waals surface area (Å²) >= 11 is 0. The predicted octanol–water partition coefficient (Wildman–Crippen LogP) is 2.85. The Morgan fingerprint density at radius 1 is 1.40 bits per heavy atom. The van der Waals surface area contributed by atoms with Crippen molar-refractivity contribution in [3.8, 4) is 11.8 Å². The quantitative estimate of drug-likeness (QED) is 0.589. The third-order valence-electron chi connectivity index (χ3n) is 3.35. The number of aliphatic hydroxyl groups excluding tert-OH is 1. The second-order valence-electron chi connectivity index (χ2n) is 5.97. The van der Waals surface area contributed by atoms with Crippen molar-refractivity contribution in [3.63, 3.8) is 0 Å². The van der Waals surface area contributed by atoms with Crippen molar-refractivity contribution in [2.75, 3.05) is 18.5 Å². The topological polar surface area (TPSA) is 94.4 Å². The fourth-order valence-corrected chi connectivity index (χ4v) is 2.04. The molecule has 7 heteroatoms. The molecule has 1 unspecified atom stereocenters. The third kappa shape index (κ3) is 8.73. The number of nitriles is 1. The number of halogens is 1. The number of unbranched alkanes of at least 4 members (excludes halogenated alkanes) is 1. The van der Waals surface area contributed by atoms with Gasteiger partial charge in [-0.15, -0.1) is 12.4 Å². The van der Waals surface area contributed by atoms with Crippen molar-refractivity contribution in [2.45, 2.75) is 52.2 Å². The Morgan fingerprint density at radius 3 is 2.72 bits per heavy atom. The number of hydrogen-bond donors (Lipinski definition) is 3. The number of carbonyl (C=O) groups excluding carboxylic acids is 1. The van der Waals surface area contributed by atoms with Crippen LogP contribution in [0.2, 0.25) is 0 Å². The normalized spacial score (nSPS) is 11.4. The number of carbonyl (C=O) groups is 1. The molecule has 0 saturated carbocycles. The molecule has 0 fully saturated rings. The maximum atomic E-state index is 11.9. The van der Waals surface area contributed by atoms with E-state index in [2.05, 4.69) is 16.7 Å². The maximum Gasteiger partial charge on any atom is 0.224 e. The van der Waals surface area contributed by atoms with Crippen LogP contribution >= 0.6 is 12.4 Å². The molecule has 1 amide bonds. The Labute approximate surface area is 156 Å². The summed E-state index contributed by atoms with van der Waals surface area (Å²) in [7, 11) is 0. The molecule has 6 nitrogen and oxygen atoms in total. The van der Waals surface area contributed by atoms with Gasteiger partial charge >= 0.3 is 0 Å². The summed E-state index contributed by atoms with van der Waals surface area (Å²) in [5.41, 5.74) is 0.784. The molecule has 0 aliphatic carbocycles. The predicted molar refractivity (Wildman–Crippen MR) is 101 cm³/mol. The number of anilines is 1. The van der Waals surface area contributed by atoms with E-state index in [4.69, 9.17) is 4.74 Å². The number of amides is 1. The largest absolute Gasteiger partial charge is 0.487 e. The van der Waals surface area contributed by atoms with Crippen LogP contribution in [-0.4, -0.2) is 36.3 Å². The van der Waals surface area contributed by atoms with E-state index in [0.717, 1.165) is 12.8 Å². The van der Waals surface area contributed by atoms with Gasteiger partial charge in [-0.05, 0) is 18.6 Å². The number of ether oxygens (including phenoxy) is 1. The molecule has 0 radical (unpaired) electrons. The lowest BCUT2D eigenvalue weighted by atomic mass is 10.1. The standard InChI is InChI=1S/C18H27N3O3.ClH/c1-4-5-9-17(23)21-16-8-6-7-14(10-19)18(16)24-12-15(22)11-20-13(2)3;/h6-8,13,15,20,22H,4-5,9,11-12H2,1-3H3,(H,21,23);1H. The fraction of sp³-hybridized carbons (Fsp3) is 0.556. The zero-order chi connectivity index (χ0) is 17.9. The van der Waals surface area contributed by atoms with Crippen LogP contribution in [0.3, 0.4) is 0 Å². The Balaban J connectivity index is 0.00000576. The Morgan fingerprint density at radius 2 is 2.12 bits per heavy atom. The molecule has 0 spiro atoms. The third-order valence-corrected chi connectivity index (χ3v) is 3.35. The lowest BCUT2D eigenvalue weighted by Crippen LogP contribution is -2.35. The summed E-state index contributed by atoms with van der Waals surface area (Å²) in [5.74, 6) is 0.187. The minimum atomic E-state index is -0.706. The number of hydrogen-bond acceptors (Lipinski definition) is 5. The molecule has 3 N–H and O–H groups in total. The second-order valence-corrected chi connectivity index (χ2v) is 5.97. The van der Waals surface area contributed by atoms with E-state index in [9.17, 15) is 15.2 Å². The number of aliphatic hydroxyl groups is 1. The first kappa shape index (κ1) is 23.2. The van der Waals surface area contributed by atoms with E-state index in [-0.39, 0.29) is 31.0 Å². The van der Waals surface area contributed by atoms with Crippen LogP contribution < -0.4 is 15.4 Å². The average molecular weight is 370 g/mol. The second kappa shape index (κ2) is 12.5. The summed E-state index contributed by atoms with van der Waals surface area (Å²) < 4.78 is 5.63. The first-order valence-corrected chi connectivity index (χ1v) is 8.35. The van der Waals surface area contributed by atoms with Crippen LogP contribution in [0.5, 0.6) is 5.75 Å². The van der Waals surface area contributed by atoms with Gasteiger partial charge in [0, 0.05) is 19.0 Å². The molecule has 0 aromatic heterocycles. The molecule has 1 atom stereocenters. The van der Waals surface area contributed by atoms with Crippen molar-refractivity contribution in [1.29, 1.82) is 5.26 Å². The van der Waals surface area contributed by atoms with E-state index in [1.165, 1.54) is 0 Å². The molecular weight excluding hydrogens is 342 g/mol. The molecule has 0 saturated heterocycles. The molecule has 1 aromatic carbocycles. The van der Waals surface area contributed by atoms with E-state index in [1.807, 2.05) is 20.8 Å². The minimum Gasteiger partial charge on any atom is -0.487 e. The highest BCUT2D eigenvalue weighted by atomic mass is 35.5. The molecule has 1 rings (SSSR count). The van der Waals surface area contributed by atoms with Gasteiger partial charge in [-0.1, -0.05) is 33.3 Å². The summed E-state index contributed by atoms with van der Waals surface area (Å²) in [4.78, 5) is 11.9. The van der Waals surface area contributed by atoms with E-state index >= 15 is 0 Å². The van der Waals surface area contributed by atoms with Crippen molar-refractivity contribution in [1.82, 2.24) is 5.32 Å². The highest BCUT2D eigenvalue weighted by molar-refractivity contribution is 5.92. The van der Waals surface area contributed by atoms with Crippen molar-refractivity contribution in [3.05, 3.63) is 23.8 Å². The van der Waals surface area contributed by atoms with E-state index in [0.29, 0.717) is 30.0 Å². The first-order chi connectivity index (χ1) is 11.5. The Kier molecular flexibility index (Phi) is 11.6. The minimum absolute atomic E-state index is 0. The van der Waals surface area contributed by atoms with Gasteiger partial charge in [-0.3, -0.25) is 4.79 Å². The smallest absolute Gasteiger partial charge is 0.224 e. The molecule has 25 heavy (non-hydrogen) atoms. The van der Waals surface area contributed by atoms with E-state index < -0.39 is 6.10 Å². The average Bonchev–Trinajstić information content (AvgIpc) is 2.56. The zero-order valence-electron chi connectivity index (χ0n) is 15.0. The fourth-order valence-electron chi connectivity index (χ4n) is 2.04. The summed E-state index contributed by atoms with van der Waals surface area (Å²) in [5, 5.41) is 25.1. The molecule has 140 valence electrons. The number of nitrogens with one attached hydrogen (secondary N) is 2. The highest BCUT2D eigenvalue weighted by Crippen LogP contribution is 2.29. The molecule has 0 aliphatic rings. The number of benzene rings is 1. The number of para-hydroxylation sites is 1. The number of nitrogens with zero attached hydrogens (tertiary/aromatic N) is 1. The van der Waals surface area contributed by atoms with Gasteiger partial charge in [0.25, 0.3) is 0 Å². The van der Waals surface area contributed by atoms with Gasteiger partial charge in [-0.25, -0.2) is 0 Å². The van der Waals surface area contributed by atoms with Gasteiger partial charge in [0.05, 0.1) is 11.3 Å². The van der Waals surface area contributed by atoms with Gasteiger partial charge in [0.15, 0.2) is 5.75 Å². The van der Waals surface area contributed by atoms with E-state index in [1.54, 1.807) is 18.2 Å². The van der Waals surface area contributed by atoms with Crippen LogP contribution in [-0.2, 0) is 4.79 Å². The molecule has 0 heterocycles. The summed E-state index contributed by atoms with van der Waals surface area (Å²) in [6.45, 7) is 6.43. The van der Waals surface area contributed by atoms with Crippen LogP contribution in [0.25, 0.3) is 0 Å². The Hall–Kier alpha value is -1.81. The molecular formula is C18H28ClN3O3. The van der Waals surface area contributed by atoms with Crippen LogP contribution in [0.1, 0.15) is 45.6 Å². The Bertz CT molecular complexity index is 573. The van der Waals surface area contributed by atoms with Crippen LogP contribution in [0.15, 0.2) is 18.2 Å². The van der Waals surface area contributed by atoms with Crippen LogP contribution in [0.4, 0.5) is 5.69 Å². The van der Waals surface area contributed by atoms with Crippen molar-refractivity contribution in [2.24, 2.45) is 0 Å². The summed E-state index contributed by atoms with van der Waals surface area (Å²) in [6, 6.07) is 7.32. The highest BCUT2D eigenvalue weighted by Gasteiger charge is 2.14. The van der Waals surface area contributed by atoms with Crippen molar-refractivity contribution >= 4 is 24.0 Å². The van der Waals surface area contributed by atoms with Gasteiger partial charge in [0.2, 0.25) is 5.91 Å². The van der Waals surface area contributed by atoms with Crippen molar-refractivity contribution < 1.29 is 14.6 Å². The SMILES string of the molecule is CCCCC(=O)Nc1cccc(C#N)c1OCC(O)CNC(C)C.Cl. The first-order valence-electron chi connectivity index (χ1n) is 8.35. The monoisotopic (exact) mass is 369 g/mol. The molecule has 0 bridgehead atoms. The van der Waals surface area contributed by atoms with Crippen LogP contribution in [0, 0.1) is 11.3 Å². The lowest BCUT2D eigenvalue weighted by Gasteiger charge is -2.18. The zero-order valence-corrected chi connectivity index (χ0v) is 15.9. The summed E-state index contributed by atoms with van der Waals surface area (Å²) in [6.07, 6.45) is 1.46. The van der Waals surface area contributed by atoms with Gasteiger partial charge < -0.3 is 20.5 Å². The number of rotatable bonds is 10.